The van der Waals surface area contributed by atoms with Crippen molar-refractivity contribution >= 4 is 29.3 Å². The Morgan fingerprint density at radius 1 is 1.09 bits per heavy atom. The van der Waals surface area contributed by atoms with Gasteiger partial charge >= 0.3 is 0 Å². The number of piperazine rings is 1. The van der Waals surface area contributed by atoms with Crippen molar-refractivity contribution < 1.29 is 4.79 Å². The van der Waals surface area contributed by atoms with Gasteiger partial charge in [-0.15, -0.1) is 11.8 Å². The molecule has 2 aliphatic rings. The number of benzene rings is 1. The van der Waals surface area contributed by atoms with Gasteiger partial charge in [0.25, 0.3) is 0 Å². The lowest BCUT2D eigenvalue weighted by Gasteiger charge is -2.38. The zero-order chi connectivity index (χ0) is 15.4. The van der Waals surface area contributed by atoms with Crippen molar-refractivity contribution in [1.29, 1.82) is 0 Å². The van der Waals surface area contributed by atoms with Gasteiger partial charge < -0.3 is 4.90 Å². The fourth-order valence-electron chi connectivity index (χ4n) is 3.37. The minimum atomic E-state index is 0.256. The molecule has 1 aliphatic carbocycles. The number of hydrogen-bond acceptors (Lipinski definition) is 3. The summed E-state index contributed by atoms with van der Waals surface area (Å²) >= 11 is 7.47. The molecule has 120 valence electrons. The number of nitrogens with zero attached hydrogens (tertiary/aromatic N) is 2. The summed E-state index contributed by atoms with van der Waals surface area (Å²) in [6.45, 7) is 3.86. The van der Waals surface area contributed by atoms with E-state index in [1.54, 1.807) is 11.8 Å². The number of amides is 1. The largest absolute Gasteiger partial charge is 0.339 e. The first-order valence-electron chi connectivity index (χ1n) is 8.12. The van der Waals surface area contributed by atoms with Crippen molar-refractivity contribution in [2.45, 2.75) is 36.6 Å². The van der Waals surface area contributed by atoms with Crippen LogP contribution in [0.15, 0.2) is 29.2 Å². The molecule has 2 fully saturated rings. The first-order valence-corrected chi connectivity index (χ1v) is 9.49. The number of carbonyl (C=O) groups excluding carboxylic acids is 1. The van der Waals surface area contributed by atoms with E-state index in [0.717, 1.165) is 42.1 Å². The van der Waals surface area contributed by atoms with Gasteiger partial charge in [0.15, 0.2) is 0 Å². The summed E-state index contributed by atoms with van der Waals surface area (Å²) in [4.78, 5) is 18.0. The van der Waals surface area contributed by atoms with Crippen LogP contribution >= 0.6 is 23.4 Å². The van der Waals surface area contributed by atoms with Crippen LogP contribution in [0.2, 0.25) is 5.02 Å². The van der Waals surface area contributed by atoms with Gasteiger partial charge in [0.1, 0.15) is 0 Å². The topological polar surface area (TPSA) is 23.6 Å². The predicted octanol–water partition coefficient (Wildman–Crippen LogP) is 3.52. The lowest BCUT2D eigenvalue weighted by molar-refractivity contribution is -0.130. The van der Waals surface area contributed by atoms with E-state index in [0.29, 0.717) is 5.75 Å². The van der Waals surface area contributed by atoms with E-state index in [9.17, 15) is 4.79 Å². The van der Waals surface area contributed by atoms with Crippen molar-refractivity contribution in [3.05, 3.63) is 29.3 Å². The molecule has 0 bridgehead atoms. The second-order valence-corrected chi connectivity index (χ2v) is 7.58. The third kappa shape index (κ3) is 4.18. The molecule has 0 N–H and O–H groups in total. The van der Waals surface area contributed by atoms with E-state index in [1.807, 2.05) is 29.2 Å². The summed E-state index contributed by atoms with van der Waals surface area (Å²) < 4.78 is 0. The van der Waals surface area contributed by atoms with Gasteiger partial charge in [0.2, 0.25) is 5.91 Å². The van der Waals surface area contributed by atoms with Crippen molar-refractivity contribution in [1.82, 2.24) is 9.80 Å². The van der Waals surface area contributed by atoms with Crippen molar-refractivity contribution in [3.8, 4) is 0 Å². The lowest BCUT2D eigenvalue weighted by Crippen LogP contribution is -2.51. The van der Waals surface area contributed by atoms with Crippen LogP contribution in [0.5, 0.6) is 0 Å². The summed E-state index contributed by atoms with van der Waals surface area (Å²) in [5.41, 5.74) is 0. The Balaban J connectivity index is 1.42. The van der Waals surface area contributed by atoms with Crippen LogP contribution in [0.25, 0.3) is 0 Å². The predicted molar refractivity (Wildman–Crippen MR) is 92.6 cm³/mol. The summed E-state index contributed by atoms with van der Waals surface area (Å²) in [6.07, 6.45) is 5.45. The Bertz CT molecular complexity index is 494. The van der Waals surface area contributed by atoms with Crippen molar-refractivity contribution in [2.75, 3.05) is 31.9 Å². The van der Waals surface area contributed by atoms with E-state index in [-0.39, 0.29) is 5.91 Å². The van der Waals surface area contributed by atoms with Crippen LogP contribution in [-0.4, -0.2) is 53.7 Å². The molecule has 0 aromatic heterocycles. The smallest absolute Gasteiger partial charge is 0.233 e. The van der Waals surface area contributed by atoms with Gasteiger partial charge in [-0.25, -0.2) is 0 Å². The monoisotopic (exact) mass is 338 g/mol. The number of hydrogen-bond donors (Lipinski definition) is 0. The van der Waals surface area contributed by atoms with Crippen LogP contribution in [0, 0.1) is 0 Å². The first-order chi connectivity index (χ1) is 10.7. The van der Waals surface area contributed by atoms with E-state index < -0.39 is 0 Å². The van der Waals surface area contributed by atoms with Crippen LogP contribution in [0.4, 0.5) is 0 Å². The number of carbonyl (C=O) groups is 1. The van der Waals surface area contributed by atoms with Crippen molar-refractivity contribution in [2.24, 2.45) is 0 Å². The Morgan fingerprint density at radius 2 is 1.73 bits per heavy atom. The fraction of sp³-hybridized carbons (Fsp3) is 0.588. The van der Waals surface area contributed by atoms with Crippen LogP contribution < -0.4 is 0 Å². The van der Waals surface area contributed by atoms with E-state index in [4.69, 9.17) is 11.6 Å². The molecule has 1 saturated carbocycles. The normalized spacial score (nSPS) is 20.5. The minimum Gasteiger partial charge on any atom is -0.339 e. The highest BCUT2D eigenvalue weighted by Crippen LogP contribution is 2.25. The summed E-state index contributed by atoms with van der Waals surface area (Å²) in [6, 6.07) is 8.46. The lowest BCUT2D eigenvalue weighted by atomic mass is 10.2. The van der Waals surface area contributed by atoms with Gasteiger partial charge in [0.05, 0.1) is 5.75 Å². The zero-order valence-corrected chi connectivity index (χ0v) is 14.4. The Morgan fingerprint density at radius 3 is 2.36 bits per heavy atom. The average Bonchev–Trinajstić information content (AvgIpc) is 3.09. The van der Waals surface area contributed by atoms with E-state index in [2.05, 4.69) is 4.90 Å². The Hall–Kier alpha value is -0.710. The quantitative estimate of drug-likeness (QED) is 0.785. The fourth-order valence-corrected chi connectivity index (χ4v) is 4.30. The van der Waals surface area contributed by atoms with Crippen molar-refractivity contribution in [3.63, 3.8) is 0 Å². The Labute approximate surface area is 142 Å². The number of rotatable bonds is 4. The van der Waals surface area contributed by atoms with E-state index >= 15 is 0 Å². The molecular weight excluding hydrogens is 316 g/mol. The Kier molecular flexibility index (Phi) is 5.66. The molecule has 1 amide bonds. The molecule has 0 unspecified atom stereocenters. The zero-order valence-electron chi connectivity index (χ0n) is 12.8. The number of thioether (sulfide) groups is 1. The van der Waals surface area contributed by atoms with E-state index in [1.165, 1.54) is 25.7 Å². The standard InChI is InChI=1S/C17H23ClN2OS/c18-14-5-7-16(8-6-14)22-13-17(21)20-11-9-19(10-12-20)15-3-1-2-4-15/h5-8,15H,1-4,9-13H2. The molecular formula is C17H23ClN2OS. The third-order valence-electron chi connectivity index (χ3n) is 4.68. The molecule has 3 nitrogen and oxygen atoms in total. The molecule has 1 saturated heterocycles. The average molecular weight is 339 g/mol. The molecule has 1 aromatic carbocycles. The van der Waals surface area contributed by atoms with Crippen LogP contribution in [0.3, 0.4) is 0 Å². The maximum absolute atomic E-state index is 12.3. The molecule has 1 aromatic rings. The maximum atomic E-state index is 12.3. The van der Waals surface area contributed by atoms with Gasteiger partial charge in [-0.2, -0.15) is 0 Å². The molecule has 3 rings (SSSR count). The minimum absolute atomic E-state index is 0.256. The van der Waals surface area contributed by atoms with Gasteiger partial charge in [0, 0.05) is 42.1 Å². The molecule has 5 heteroatoms. The summed E-state index contributed by atoms with van der Waals surface area (Å²) in [7, 11) is 0. The van der Waals surface area contributed by atoms with Crippen LogP contribution in [0.1, 0.15) is 25.7 Å². The molecule has 0 atom stereocenters. The highest BCUT2D eigenvalue weighted by Gasteiger charge is 2.27. The summed E-state index contributed by atoms with van der Waals surface area (Å²) in [5, 5.41) is 0.735. The molecule has 1 aliphatic heterocycles. The molecule has 1 heterocycles. The highest BCUT2D eigenvalue weighted by molar-refractivity contribution is 8.00. The SMILES string of the molecule is O=C(CSc1ccc(Cl)cc1)N1CCN(C2CCCC2)CC1. The second-order valence-electron chi connectivity index (χ2n) is 6.10. The third-order valence-corrected chi connectivity index (χ3v) is 5.93. The second kappa shape index (κ2) is 7.71. The number of halogens is 1. The first kappa shape index (κ1) is 16.2. The summed E-state index contributed by atoms with van der Waals surface area (Å²) in [5.74, 6) is 0.774. The molecule has 22 heavy (non-hydrogen) atoms. The molecule has 0 spiro atoms. The van der Waals surface area contributed by atoms with Gasteiger partial charge in [-0.1, -0.05) is 24.4 Å². The highest BCUT2D eigenvalue weighted by atomic mass is 35.5. The maximum Gasteiger partial charge on any atom is 0.233 e. The van der Waals surface area contributed by atoms with Crippen LogP contribution in [-0.2, 0) is 4.79 Å². The molecule has 0 radical (unpaired) electrons. The van der Waals surface area contributed by atoms with Gasteiger partial charge in [-0.3, -0.25) is 9.69 Å². The van der Waals surface area contributed by atoms with Gasteiger partial charge in [-0.05, 0) is 37.1 Å².